The van der Waals surface area contributed by atoms with Crippen molar-refractivity contribution in [2.45, 2.75) is 6.61 Å². The minimum Gasteiger partial charge on any atom is -0.461 e. The third kappa shape index (κ3) is 0.983. The lowest BCUT2D eigenvalue weighted by Gasteiger charge is -1.94. The molecule has 12 heavy (non-hydrogen) atoms. The van der Waals surface area contributed by atoms with E-state index in [9.17, 15) is 0 Å². The topological polar surface area (TPSA) is 46.3 Å². The summed E-state index contributed by atoms with van der Waals surface area (Å²) in [6.07, 6.45) is 3.03. The summed E-state index contributed by atoms with van der Waals surface area (Å²) in [5.74, 6) is 0. The smallest absolute Gasteiger partial charge is 0.159 e. The summed E-state index contributed by atoms with van der Waals surface area (Å²) in [5, 5.41) is 10.2. The van der Waals surface area contributed by atoms with Crippen LogP contribution in [-0.2, 0) is 6.61 Å². The Kier molecular flexibility index (Phi) is 1.75. The summed E-state index contributed by atoms with van der Waals surface area (Å²) in [7, 11) is 0. The fraction of sp³-hybridized carbons (Fsp3) is 0.125. The van der Waals surface area contributed by atoms with E-state index in [4.69, 9.17) is 21.1 Å². The minimum absolute atomic E-state index is 0.138. The van der Waals surface area contributed by atoms with Gasteiger partial charge in [0.25, 0.3) is 0 Å². The van der Waals surface area contributed by atoms with E-state index in [1.807, 2.05) is 0 Å². The number of aliphatic hydroxyl groups excluding tert-OH is 1. The molecule has 0 saturated carbocycles. The van der Waals surface area contributed by atoms with Crippen LogP contribution in [0, 0.1) is 0 Å². The van der Waals surface area contributed by atoms with Gasteiger partial charge < -0.3 is 9.52 Å². The van der Waals surface area contributed by atoms with E-state index in [-0.39, 0.29) is 6.61 Å². The van der Waals surface area contributed by atoms with Gasteiger partial charge in [0.15, 0.2) is 5.58 Å². The van der Waals surface area contributed by atoms with Crippen molar-refractivity contribution in [1.29, 1.82) is 0 Å². The molecule has 0 aliphatic rings. The lowest BCUT2D eigenvalue weighted by Crippen LogP contribution is -1.87. The molecule has 3 nitrogen and oxygen atoms in total. The average molecular weight is 184 g/mol. The molecular weight excluding hydrogens is 178 g/mol. The van der Waals surface area contributed by atoms with Gasteiger partial charge in [-0.2, -0.15) is 0 Å². The largest absolute Gasteiger partial charge is 0.461 e. The Hall–Kier alpha value is -1.06. The molecule has 0 atom stereocenters. The Morgan fingerprint density at radius 1 is 1.58 bits per heavy atom. The first kappa shape index (κ1) is 7.58. The Bertz CT molecular complexity index is 410. The molecule has 0 aliphatic carbocycles. The maximum absolute atomic E-state index is 8.88. The molecule has 2 aromatic rings. The van der Waals surface area contributed by atoms with E-state index in [1.54, 1.807) is 12.3 Å². The number of aliphatic hydroxyl groups is 1. The van der Waals surface area contributed by atoms with Gasteiger partial charge in [-0.05, 0) is 6.07 Å². The van der Waals surface area contributed by atoms with Crippen LogP contribution in [0.5, 0.6) is 0 Å². The first-order valence-corrected chi connectivity index (χ1v) is 3.82. The standard InChI is InChI=1S/C8H6ClNO2/c9-6-4-12-8-5(6)1-2-10-7(8)3-11/h1-2,4,11H,3H2. The van der Waals surface area contributed by atoms with E-state index in [1.165, 1.54) is 6.26 Å². The second-order valence-electron chi connectivity index (χ2n) is 2.38. The number of hydrogen-bond donors (Lipinski definition) is 1. The quantitative estimate of drug-likeness (QED) is 0.735. The van der Waals surface area contributed by atoms with Crippen molar-refractivity contribution >= 4 is 22.6 Å². The maximum atomic E-state index is 8.88. The van der Waals surface area contributed by atoms with Crippen LogP contribution in [0.2, 0.25) is 5.02 Å². The number of nitrogens with zero attached hydrogens (tertiary/aromatic N) is 1. The molecule has 0 fully saturated rings. The van der Waals surface area contributed by atoms with Crippen LogP contribution in [0.25, 0.3) is 11.0 Å². The van der Waals surface area contributed by atoms with Crippen LogP contribution >= 0.6 is 11.6 Å². The third-order valence-electron chi connectivity index (χ3n) is 1.67. The number of pyridine rings is 1. The second-order valence-corrected chi connectivity index (χ2v) is 2.78. The van der Waals surface area contributed by atoms with Gasteiger partial charge in [0, 0.05) is 11.6 Å². The molecule has 2 rings (SSSR count). The van der Waals surface area contributed by atoms with Crippen LogP contribution in [0.1, 0.15) is 5.69 Å². The van der Waals surface area contributed by atoms with Gasteiger partial charge in [0.05, 0.1) is 11.6 Å². The molecule has 1 N–H and O–H groups in total. The number of furan rings is 1. The number of aromatic nitrogens is 1. The molecule has 0 saturated heterocycles. The highest BCUT2D eigenvalue weighted by Gasteiger charge is 2.07. The van der Waals surface area contributed by atoms with Gasteiger partial charge in [-0.3, -0.25) is 4.98 Å². The first-order valence-electron chi connectivity index (χ1n) is 3.44. The maximum Gasteiger partial charge on any atom is 0.159 e. The summed E-state index contributed by atoms with van der Waals surface area (Å²) in [4.78, 5) is 3.94. The highest BCUT2D eigenvalue weighted by atomic mass is 35.5. The van der Waals surface area contributed by atoms with E-state index in [0.717, 1.165) is 5.39 Å². The van der Waals surface area contributed by atoms with Crippen LogP contribution in [0.15, 0.2) is 22.9 Å². The van der Waals surface area contributed by atoms with Gasteiger partial charge in [0.1, 0.15) is 12.0 Å². The van der Waals surface area contributed by atoms with Crippen molar-refractivity contribution in [3.05, 3.63) is 29.2 Å². The van der Waals surface area contributed by atoms with E-state index >= 15 is 0 Å². The number of halogens is 1. The zero-order valence-corrected chi connectivity index (χ0v) is 6.88. The minimum atomic E-state index is -0.138. The fourth-order valence-electron chi connectivity index (χ4n) is 1.10. The molecule has 4 heteroatoms. The average Bonchev–Trinajstić information content (AvgIpc) is 2.48. The predicted octanol–water partition coefficient (Wildman–Crippen LogP) is 1.97. The van der Waals surface area contributed by atoms with Gasteiger partial charge >= 0.3 is 0 Å². The fourth-order valence-corrected chi connectivity index (χ4v) is 1.29. The lowest BCUT2D eigenvalue weighted by molar-refractivity contribution is 0.276. The zero-order valence-electron chi connectivity index (χ0n) is 6.12. The van der Waals surface area contributed by atoms with Gasteiger partial charge in [0.2, 0.25) is 0 Å². The zero-order chi connectivity index (χ0) is 8.55. The van der Waals surface area contributed by atoms with Gasteiger partial charge in [-0.1, -0.05) is 11.6 Å². The van der Waals surface area contributed by atoms with E-state index < -0.39 is 0 Å². The van der Waals surface area contributed by atoms with Crippen LogP contribution in [0.3, 0.4) is 0 Å². The Balaban J connectivity index is 2.81. The van der Waals surface area contributed by atoms with Crippen molar-refractivity contribution in [3.8, 4) is 0 Å². The molecule has 0 aliphatic heterocycles. The summed E-state index contributed by atoms with van der Waals surface area (Å²) in [6.45, 7) is -0.138. The normalized spacial score (nSPS) is 10.8. The number of fused-ring (bicyclic) bond motifs is 1. The van der Waals surface area contributed by atoms with Crippen molar-refractivity contribution in [2.75, 3.05) is 0 Å². The summed E-state index contributed by atoms with van der Waals surface area (Å²) < 4.78 is 5.12. The van der Waals surface area contributed by atoms with E-state index in [0.29, 0.717) is 16.3 Å². The first-order chi connectivity index (χ1) is 5.83. The number of rotatable bonds is 1. The predicted molar refractivity (Wildman–Crippen MR) is 44.9 cm³/mol. The molecule has 62 valence electrons. The molecule has 0 amide bonds. The summed E-state index contributed by atoms with van der Waals surface area (Å²) in [6, 6.07) is 1.75. The summed E-state index contributed by atoms with van der Waals surface area (Å²) >= 11 is 5.80. The Morgan fingerprint density at radius 3 is 3.17 bits per heavy atom. The molecule has 0 radical (unpaired) electrons. The van der Waals surface area contributed by atoms with Crippen molar-refractivity contribution in [3.63, 3.8) is 0 Å². The monoisotopic (exact) mass is 183 g/mol. The van der Waals surface area contributed by atoms with Crippen molar-refractivity contribution < 1.29 is 9.52 Å². The van der Waals surface area contributed by atoms with Crippen LogP contribution in [0.4, 0.5) is 0 Å². The third-order valence-corrected chi connectivity index (χ3v) is 1.96. The van der Waals surface area contributed by atoms with Crippen LogP contribution in [-0.4, -0.2) is 10.1 Å². The summed E-state index contributed by atoms with van der Waals surface area (Å²) in [5.41, 5.74) is 1.07. The van der Waals surface area contributed by atoms with Crippen molar-refractivity contribution in [2.24, 2.45) is 0 Å². The lowest BCUT2D eigenvalue weighted by atomic mass is 10.3. The second kappa shape index (κ2) is 2.77. The SMILES string of the molecule is OCc1nccc2c(Cl)coc12. The van der Waals surface area contributed by atoms with E-state index in [2.05, 4.69) is 4.98 Å². The Labute approximate surface area is 73.6 Å². The molecule has 0 bridgehead atoms. The number of hydrogen-bond acceptors (Lipinski definition) is 3. The van der Waals surface area contributed by atoms with Gasteiger partial charge in [-0.25, -0.2) is 0 Å². The molecule has 0 aromatic carbocycles. The molecule has 2 aromatic heterocycles. The van der Waals surface area contributed by atoms with Gasteiger partial charge in [-0.15, -0.1) is 0 Å². The Morgan fingerprint density at radius 2 is 2.42 bits per heavy atom. The molecule has 0 spiro atoms. The molecule has 0 unspecified atom stereocenters. The van der Waals surface area contributed by atoms with Crippen LogP contribution < -0.4 is 0 Å². The molecular formula is C8H6ClNO2. The molecule has 2 heterocycles. The van der Waals surface area contributed by atoms with Crippen molar-refractivity contribution in [1.82, 2.24) is 4.98 Å². The highest BCUT2D eigenvalue weighted by molar-refractivity contribution is 6.35. The highest BCUT2D eigenvalue weighted by Crippen LogP contribution is 2.26.